The van der Waals surface area contributed by atoms with Crippen molar-refractivity contribution in [2.45, 2.75) is 37.5 Å². The Hall–Kier alpha value is -1.54. The summed E-state index contributed by atoms with van der Waals surface area (Å²) < 4.78 is 0. The topological polar surface area (TPSA) is 37.3 Å². The van der Waals surface area contributed by atoms with Crippen molar-refractivity contribution in [3.63, 3.8) is 0 Å². The van der Waals surface area contributed by atoms with Gasteiger partial charge in [0.25, 0.3) is 0 Å². The summed E-state index contributed by atoms with van der Waals surface area (Å²) in [5.41, 5.74) is 3.32. The average Bonchev–Trinajstić information content (AvgIpc) is 2.46. The molecular formula is C17H19ClO2. The fourth-order valence-electron chi connectivity index (χ4n) is 2.45. The van der Waals surface area contributed by atoms with Crippen LogP contribution in [0.4, 0.5) is 0 Å². The Bertz CT molecular complexity index is 521. The number of allylic oxidation sites excluding steroid dienone is 9. The van der Waals surface area contributed by atoms with Crippen LogP contribution in [0.25, 0.3) is 0 Å². The predicted octanol–water partition coefficient (Wildman–Crippen LogP) is 4.55. The Morgan fingerprint density at radius 1 is 1.50 bits per heavy atom. The summed E-state index contributed by atoms with van der Waals surface area (Å²) in [6.45, 7) is 0. The summed E-state index contributed by atoms with van der Waals surface area (Å²) in [5, 5.41) is 9.11. The van der Waals surface area contributed by atoms with Crippen LogP contribution in [0.3, 0.4) is 0 Å². The van der Waals surface area contributed by atoms with Gasteiger partial charge in [-0.1, -0.05) is 42.0 Å². The molecular weight excluding hydrogens is 272 g/mol. The summed E-state index contributed by atoms with van der Waals surface area (Å²) in [5.74, 6) is -0.871. The Balaban J connectivity index is 2.02. The van der Waals surface area contributed by atoms with Gasteiger partial charge >= 0.3 is 5.97 Å². The van der Waals surface area contributed by atoms with Crippen LogP contribution < -0.4 is 0 Å². The van der Waals surface area contributed by atoms with Gasteiger partial charge in [0.2, 0.25) is 0 Å². The second kappa shape index (κ2) is 7.30. The van der Waals surface area contributed by atoms with Crippen molar-refractivity contribution in [2.24, 2.45) is 0 Å². The first-order valence-electron chi connectivity index (χ1n) is 6.96. The Kier molecular flexibility index (Phi) is 5.42. The lowest BCUT2D eigenvalue weighted by Gasteiger charge is -2.15. The van der Waals surface area contributed by atoms with Gasteiger partial charge in [-0.05, 0) is 43.3 Å². The highest BCUT2D eigenvalue weighted by atomic mass is 35.5. The van der Waals surface area contributed by atoms with E-state index in [4.69, 9.17) is 16.7 Å². The Morgan fingerprint density at radius 3 is 2.95 bits per heavy atom. The number of halogens is 1. The highest BCUT2D eigenvalue weighted by Gasteiger charge is 2.11. The van der Waals surface area contributed by atoms with Gasteiger partial charge in [-0.25, -0.2) is 4.79 Å². The van der Waals surface area contributed by atoms with Gasteiger partial charge < -0.3 is 5.11 Å². The van der Waals surface area contributed by atoms with E-state index in [2.05, 4.69) is 18.2 Å². The molecule has 0 saturated carbocycles. The molecule has 106 valence electrons. The van der Waals surface area contributed by atoms with Crippen molar-refractivity contribution in [3.8, 4) is 0 Å². The Labute approximate surface area is 124 Å². The molecule has 0 spiro atoms. The average molecular weight is 291 g/mol. The number of carboxylic acids is 1. The van der Waals surface area contributed by atoms with Crippen molar-refractivity contribution < 1.29 is 9.90 Å². The quantitative estimate of drug-likeness (QED) is 0.596. The minimum absolute atomic E-state index is 0.0963. The SMILES string of the molecule is O=C(O)/C=C(\CCC1=CCC(Cl)C=C1)C1=CC=CCC1. The van der Waals surface area contributed by atoms with Crippen molar-refractivity contribution >= 4 is 17.6 Å². The molecule has 0 aromatic rings. The maximum Gasteiger partial charge on any atom is 0.328 e. The largest absolute Gasteiger partial charge is 0.478 e. The molecule has 0 fully saturated rings. The van der Waals surface area contributed by atoms with E-state index in [9.17, 15) is 4.79 Å². The van der Waals surface area contributed by atoms with E-state index in [1.54, 1.807) is 0 Å². The molecule has 2 aliphatic rings. The number of carboxylic acid groups (broad SMARTS) is 1. The van der Waals surface area contributed by atoms with E-state index in [-0.39, 0.29) is 5.38 Å². The normalized spacial score (nSPS) is 22.4. The van der Waals surface area contributed by atoms with Gasteiger partial charge in [0.05, 0.1) is 5.38 Å². The third-order valence-electron chi connectivity index (χ3n) is 3.53. The smallest absolute Gasteiger partial charge is 0.328 e. The Morgan fingerprint density at radius 2 is 2.35 bits per heavy atom. The van der Waals surface area contributed by atoms with Gasteiger partial charge in [0.1, 0.15) is 0 Å². The standard InChI is InChI=1S/C17H19ClO2/c18-16-10-7-13(8-11-16)6-9-15(12-17(19)20)14-4-2-1-3-5-14/h1-2,4,7-8,10,12,16H,3,5-6,9,11H2,(H,19,20)/b15-12+. The number of alkyl halides is 1. The summed E-state index contributed by atoms with van der Waals surface area (Å²) in [6, 6.07) is 0. The van der Waals surface area contributed by atoms with Gasteiger partial charge in [-0.15, -0.1) is 11.6 Å². The zero-order valence-corrected chi connectivity index (χ0v) is 12.1. The number of aliphatic carboxylic acids is 1. The van der Waals surface area contributed by atoms with Gasteiger partial charge in [0.15, 0.2) is 0 Å². The van der Waals surface area contributed by atoms with Crippen LogP contribution in [-0.4, -0.2) is 16.5 Å². The first kappa shape index (κ1) is 14.9. The zero-order valence-electron chi connectivity index (χ0n) is 11.4. The van der Waals surface area contributed by atoms with E-state index < -0.39 is 5.97 Å². The van der Waals surface area contributed by atoms with Crippen molar-refractivity contribution in [1.29, 1.82) is 0 Å². The molecule has 0 radical (unpaired) electrons. The van der Waals surface area contributed by atoms with E-state index in [0.29, 0.717) is 0 Å². The maximum absolute atomic E-state index is 11.0. The molecule has 0 heterocycles. The fourth-order valence-corrected chi connectivity index (χ4v) is 2.61. The van der Waals surface area contributed by atoms with Crippen molar-refractivity contribution in [1.82, 2.24) is 0 Å². The van der Waals surface area contributed by atoms with E-state index in [1.165, 1.54) is 11.6 Å². The third-order valence-corrected chi connectivity index (χ3v) is 3.85. The van der Waals surface area contributed by atoms with Gasteiger partial charge in [-0.2, -0.15) is 0 Å². The van der Waals surface area contributed by atoms with Crippen LogP contribution >= 0.6 is 11.6 Å². The predicted molar refractivity (Wildman–Crippen MR) is 82.9 cm³/mol. The monoisotopic (exact) mass is 290 g/mol. The molecule has 2 rings (SSSR count). The first-order chi connectivity index (χ1) is 9.65. The lowest BCUT2D eigenvalue weighted by molar-refractivity contribution is -0.131. The fraction of sp³-hybridized carbons (Fsp3) is 0.353. The van der Waals surface area contributed by atoms with Crippen molar-refractivity contribution in [2.75, 3.05) is 0 Å². The number of rotatable bonds is 5. The lowest BCUT2D eigenvalue weighted by Crippen LogP contribution is -2.01. The summed E-state index contributed by atoms with van der Waals surface area (Å²) in [4.78, 5) is 11.0. The van der Waals surface area contributed by atoms with Crippen LogP contribution in [0.1, 0.15) is 32.1 Å². The van der Waals surface area contributed by atoms with Crippen molar-refractivity contribution in [3.05, 3.63) is 59.3 Å². The third kappa shape index (κ3) is 4.53. The van der Waals surface area contributed by atoms with E-state index >= 15 is 0 Å². The molecule has 3 heteroatoms. The second-order valence-corrected chi connectivity index (χ2v) is 5.62. The molecule has 2 aliphatic carbocycles. The number of hydrogen-bond acceptors (Lipinski definition) is 1. The van der Waals surface area contributed by atoms with Crippen LogP contribution in [0, 0.1) is 0 Å². The first-order valence-corrected chi connectivity index (χ1v) is 7.39. The summed E-state index contributed by atoms with van der Waals surface area (Å²) >= 11 is 6.00. The van der Waals surface area contributed by atoms with E-state index in [0.717, 1.165) is 43.3 Å². The highest BCUT2D eigenvalue weighted by Crippen LogP contribution is 2.27. The lowest BCUT2D eigenvalue weighted by atomic mass is 9.91. The molecule has 1 atom stereocenters. The molecule has 0 aromatic heterocycles. The molecule has 0 amide bonds. The van der Waals surface area contributed by atoms with Gasteiger partial charge in [-0.3, -0.25) is 0 Å². The molecule has 0 saturated heterocycles. The molecule has 20 heavy (non-hydrogen) atoms. The molecule has 1 unspecified atom stereocenters. The zero-order chi connectivity index (χ0) is 14.4. The minimum Gasteiger partial charge on any atom is -0.478 e. The minimum atomic E-state index is -0.871. The van der Waals surface area contributed by atoms with Crippen LogP contribution in [-0.2, 0) is 4.79 Å². The summed E-state index contributed by atoms with van der Waals surface area (Å²) in [7, 11) is 0. The second-order valence-electron chi connectivity index (χ2n) is 5.06. The highest BCUT2D eigenvalue weighted by molar-refractivity contribution is 6.22. The van der Waals surface area contributed by atoms with Crippen LogP contribution in [0.5, 0.6) is 0 Å². The molecule has 2 nitrogen and oxygen atoms in total. The molecule has 0 aromatic carbocycles. The molecule has 0 bridgehead atoms. The number of hydrogen-bond donors (Lipinski definition) is 1. The van der Waals surface area contributed by atoms with Crippen LogP contribution in [0.15, 0.2) is 59.3 Å². The van der Waals surface area contributed by atoms with Gasteiger partial charge in [0, 0.05) is 6.08 Å². The van der Waals surface area contributed by atoms with Crippen LogP contribution in [0.2, 0.25) is 0 Å². The summed E-state index contributed by atoms with van der Waals surface area (Å²) in [6.07, 6.45) is 18.1. The maximum atomic E-state index is 11.0. The molecule has 0 aliphatic heterocycles. The van der Waals surface area contributed by atoms with E-state index in [1.807, 2.05) is 18.2 Å². The number of carbonyl (C=O) groups is 1. The molecule has 1 N–H and O–H groups in total.